The average Bonchev–Trinajstić information content (AvgIpc) is 2.72. The number of nitrogens with one attached hydrogen (secondary N) is 1. The van der Waals surface area contributed by atoms with E-state index in [0.29, 0.717) is 0 Å². The maximum Gasteiger partial charge on any atom is 0.150 e. The third-order valence-corrected chi connectivity index (χ3v) is 4.32. The van der Waals surface area contributed by atoms with Crippen LogP contribution < -0.4 is 10.1 Å². The summed E-state index contributed by atoms with van der Waals surface area (Å²) in [6, 6.07) is 24.7. The molecule has 0 saturated carbocycles. The van der Waals surface area contributed by atoms with Crippen LogP contribution in [0, 0.1) is 0 Å². The molecule has 0 spiro atoms. The summed E-state index contributed by atoms with van der Waals surface area (Å²) in [6.45, 7) is 0. The van der Waals surface area contributed by atoms with Crippen molar-refractivity contribution in [2.45, 2.75) is 6.04 Å². The van der Waals surface area contributed by atoms with Gasteiger partial charge in [-0.3, -0.25) is 0 Å². The van der Waals surface area contributed by atoms with E-state index in [9.17, 15) is 0 Å². The summed E-state index contributed by atoms with van der Waals surface area (Å²) >= 11 is 3.57. The maximum atomic E-state index is 6.13. The van der Waals surface area contributed by atoms with E-state index < -0.39 is 0 Å². The number of benzene rings is 3. The number of hydrogen-bond acceptors (Lipinski definition) is 2. The van der Waals surface area contributed by atoms with Crippen molar-refractivity contribution in [3.05, 3.63) is 88.4 Å². The molecule has 1 unspecified atom stereocenters. The first-order valence-corrected chi connectivity index (χ1v) is 7.98. The zero-order valence-electron chi connectivity index (χ0n) is 11.8. The van der Waals surface area contributed by atoms with Gasteiger partial charge in [0.1, 0.15) is 5.75 Å². The largest absolute Gasteiger partial charge is 0.455 e. The molecule has 2 nitrogen and oxygen atoms in total. The van der Waals surface area contributed by atoms with Crippen molar-refractivity contribution < 1.29 is 4.74 Å². The Balaban J connectivity index is 1.92. The fourth-order valence-electron chi connectivity index (χ4n) is 2.77. The van der Waals surface area contributed by atoms with Crippen LogP contribution >= 0.6 is 15.9 Å². The van der Waals surface area contributed by atoms with Crippen LogP contribution in [0.5, 0.6) is 11.5 Å². The highest BCUT2D eigenvalue weighted by Crippen LogP contribution is 2.43. The Morgan fingerprint density at radius 2 is 1.59 bits per heavy atom. The Bertz CT molecular complexity index is 817. The highest BCUT2D eigenvalue weighted by atomic mass is 79.9. The topological polar surface area (TPSA) is 21.3 Å². The van der Waals surface area contributed by atoms with Crippen LogP contribution in [0.1, 0.15) is 17.2 Å². The molecular weight excluding hydrogens is 338 g/mol. The second kappa shape index (κ2) is 5.50. The minimum Gasteiger partial charge on any atom is -0.455 e. The number of hydrogen-bond donors (Lipinski definition) is 1. The summed E-state index contributed by atoms with van der Waals surface area (Å²) in [6.07, 6.45) is 0. The summed E-state index contributed by atoms with van der Waals surface area (Å²) in [7, 11) is 0. The van der Waals surface area contributed by atoms with E-state index in [2.05, 4.69) is 51.6 Å². The monoisotopic (exact) mass is 351 g/mol. The van der Waals surface area contributed by atoms with Gasteiger partial charge in [0.05, 0.1) is 11.7 Å². The molecule has 3 aromatic carbocycles. The summed E-state index contributed by atoms with van der Waals surface area (Å²) in [5.74, 6) is 1.74. The third-order valence-electron chi connectivity index (χ3n) is 3.82. The van der Waals surface area contributed by atoms with Crippen molar-refractivity contribution in [3.63, 3.8) is 0 Å². The number of rotatable bonds is 1. The molecule has 0 saturated heterocycles. The van der Waals surface area contributed by atoms with Gasteiger partial charge < -0.3 is 10.1 Å². The Kier molecular flexibility index (Phi) is 3.35. The molecule has 0 radical (unpaired) electrons. The standard InChI is InChI=1S/C19H14BrNO/c20-14-10-11-17-15(12-14)19(13-6-2-1-3-7-13)21-16-8-4-5-9-18(16)22-17/h1-12,19,21H. The van der Waals surface area contributed by atoms with Crippen molar-refractivity contribution in [2.75, 3.05) is 5.32 Å². The molecule has 0 aromatic heterocycles. The first-order chi connectivity index (χ1) is 10.8. The smallest absolute Gasteiger partial charge is 0.150 e. The van der Waals surface area contributed by atoms with Gasteiger partial charge >= 0.3 is 0 Å². The number of ether oxygens (including phenoxy) is 1. The van der Waals surface area contributed by atoms with E-state index in [0.717, 1.165) is 27.2 Å². The number of halogens is 1. The first kappa shape index (κ1) is 13.4. The lowest BCUT2D eigenvalue weighted by molar-refractivity contribution is 0.483. The van der Waals surface area contributed by atoms with Crippen LogP contribution in [0.4, 0.5) is 5.69 Å². The molecule has 1 atom stereocenters. The average molecular weight is 352 g/mol. The van der Waals surface area contributed by atoms with Gasteiger partial charge in [0.15, 0.2) is 5.75 Å². The van der Waals surface area contributed by atoms with Gasteiger partial charge in [0.2, 0.25) is 0 Å². The van der Waals surface area contributed by atoms with Crippen molar-refractivity contribution >= 4 is 21.6 Å². The van der Waals surface area contributed by atoms with Crippen LogP contribution in [0.25, 0.3) is 0 Å². The SMILES string of the molecule is Brc1ccc2c(c1)C(c1ccccc1)Nc1ccccc1O2. The predicted octanol–water partition coefficient (Wildman–Crippen LogP) is 5.76. The van der Waals surface area contributed by atoms with Crippen molar-refractivity contribution in [3.8, 4) is 11.5 Å². The lowest BCUT2D eigenvalue weighted by atomic mass is 9.98. The zero-order chi connectivity index (χ0) is 14.9. The van der Waals surface area contributed by atoms with Gasteiger partial charge in [-0.15, -0.1) is 0 Å². The molecule has 108 valence electrons. The van der Waals surface area contributed by atoms with Crippen molar-refractivity contribution in [1.29, 1.82) is 0 Å². The van der Waals surface area contributed by atoms with Gasteiger partial charge in [-0.1, -0.05) is 58.4 Å². The van der Waals surface area contributed by atoms with Gasteiger partial charge in [0.25, 0.3) is 0 Å². The van der Waals surface area contributed by atoms with Crippen molar-refractivity contribution in [1.82, 2.24) is 0 Å². The predicted molar refractivity (Wildman–Crippen MR) is 92.6 cm³/mol. The molecule has 3 heteroatoms. The highest BCUT2D eigenvalue weighted by molar-refractivity contribution is 9.10. The van der Waals surface area contributed by atoms with Crippen LogP contribution in [0.15, 0.2) is 77.3 Å². The van der Waals surface area contributed by atoms with Gasteiger partial charge in [-0.25, -0.2) is 0 Å². The second-order valence-corrected chi connectivity index (χ2v) is 6.18. The van der Waals surface area contributed by atoms with Gasteiger partial charge in [0, 0.05) is 10.0 Å². The van der Waals surface area contributed by atoms with Crippen LogP contribution in [0.2, 0.25) is 0 Å². The Morgan fingerprint density at radius 3 is 2.45 bits per heavy atom. The van der Waals surface area contributed by atoms with Crippen molar-refractivity contribution in [2.24, 2.45) is 0 Å². The van der Waals surface area contributed by atoms with E-state index in [-0.39, 0.29) is 6.04 Å². The van der Waals surface area contributed by atoms with E-state index in [1.807, 2.05) is 42.5 Å². The minimum absolute atomic E-state index is 0.0531. The maximum absolute atomic E-state index is 6.13. The van der Waals surface area contributed by atoms with Crippen LogP contribution in [-0.2, 0) is 0 Å². The summed E-state index contributed by atoms with van der Waals surface area (Å²) in [4.78, 5) is 0. The second-order valence-electron chi connectivity index (χ2n) is 5.27. The molecule has 3 aromatic rings. The quantitative estimate of drug-likeness (QED) is 0.602. The molecule has 0 fully saturated rings. The summed E-state index contributed by atoms with van der Waals surface area (Å²) in [5.41, 5.74) is 3.34. The lowest BCUT2D eigenvalue weighted by Gasteiger charge is -2.19. The lowest BCUT2D eigenvalue weighted by Crippen LogP contribution is -2.11. The molecule has 22 heavy (non-hydrogen) atoms. The fourth-order valence-corrected chi connectivity index (χ4v) is 3.15. The van der Waals surface area contributed by atoms with Crippen LogP contribution in [-0.4, -0.2) is 0 Å². The van der Waals surface area contributed by atoms with E-state index in [1.54, 1.807) is 0 Å². The Hall–Kier alpha value is -2.26. The fraction of sp³-hybridized carbons (Fsp3) is 0.0526. The molecule has 1 N–H and O–H groups in total. The Morgan fingerprint density at radius 1 is 0.818 bits per heavy atom. The molecule has 0 aliphatic carbocycles. The van der Waals surface area contributed by atoms with Gasteiger partial charge in [-0.2, -0.15) is 0 Å². The molecule has 1 aliphatic heterocycles. The molecule has 1 heterocycles. The molecule has 0 amide bonds. The first-order valence-electron chi connectivity index (χ1n) is 7.19. The third kappa shape index (κ3) is 2.38. The highest BCUT2D eigenvalue weighted by Gasteiger charge is 2.24. The molecular formula is C19H14BrNO. The molecule has 0 bridgehead atoms. The number of para-hydroxylation sites is 2. The molecule has 4 rings (SSSR count). The molecule has 1 aliphatic rings. The summed E-state index contributed by atoms with van der Waals surface area (Å²) in [5, 5.41) is 3.61. The van der Waals surface area contributed by atoms with E-state index in [4.69, 9.17) is 4.74 Å². The number of anilines is 1. The van der Waals surface area contributed by atoms with E-state index in [1.165, 1.54) is 5.56 Å². The number of fused-ring (bicyclic) bond motifs is 2. The normalized spacial score (nSPS) is 15.8. The van der Waals surface area contributed by atoms with Crippen LogP contribution in [0.3, 0.4) is 0 Å². The van der Waals surface area contributed by atoms with Gasteiger partial charge in [-0.05, 0) is 35.9 Å². The van der Waals surface area contributed by atoms with E-state index >= 15 is 0 Å². The summed E-state index contributed by atoms with van der Waals surface area (Å²) < 4.78 is 7.17. The zero-order valence-corrected chi connectivity index (χ0v) is 13.4. The minimum atomic E-state index is 0.0531. The Labute approximate surface area is 137 Å².